The Morgan fingerprint density at radius 2 is 1.91 bits per heavy atom. The summed E-state index contributed by atoms with van der Waals surface area (Å²) < 4.78 is 5.64. The van der Waals surface area contributed by atoms with Crippen LogP contribution >= 0.6 is 0 Å². The Morgan fingerprint density at radius 1 is 1.14 bits per heavy atom. The van der Waals surface area contributed by atoms with Gasteiger partial charge in [-0.15, -0.1) is 0 Å². The van der Waals surface area contributed by atoms with Gasteiger partial charge in [-0.05, 0) is 32.2 Å². The molecule has 4 nitrogen and oxygen atoms in total. The molecule has 2 heterocycles. The number of carbonyl (C=O) groups excluding carboxylic acids is 1. The maximum absolute atomic E-state index is 12.5. The van der Waals surface area contributed by atoms with E-state index in [1.807, 2.05) is 43.3 Å². The van der Waals surface area contributed by atoms with Crippen molar-refractivity contribution in [1.82, 2.24) is 9.80 Å². The fourth-order valence-corrected chi connectivity index (χ4v) is 2.74. The molecule has 2 aromatic rings. The number of piperazine rings is 1. The van der Waals surface area contributed by atoms with Crippen LogP contribution in [0.15, 0.2) is 40.8 Å². The highest BCUT2D eigenvalue weighted by Gasteiger charge is 2.17. The van der Waals surface area contributed by atoms with E-state index < -0.39 is 0 Å². The first-order chi connectivity index (χ1) is 10.6. The standard InChI is InChI=1S/C18H22N2O2/c1-14-6-7-18(22-14)16-5-3-4-15(12-16)17(21)13-20-10-8-19(2)9-11-20/h3-7,12H,8-11,13H2,1-2H3. The first kappa shape index (κ1) is 15.0. The third kappa shape index (κ3) is 3.46. The Morgan fingerprint density at radius 3 is 2.59 bits per heavy atom. The molecule has 0 amide bonds. The number of furan rings is 1. The van der Waals surface area contributed by atoms with Crippen molar-refractivity contribution in [3.8, 4) is 11.3 Å². The molecule has 1 aliphatic heterocycles. The van der Waals surface area contributed by atoms with Crippen LogP contribution in [0.2, 0.25) is 0 Å². The molecule has 1 saturated heterocycles. The van der Waals surface area contributed by atoms with Crippen molar-refractivity contribution in [3.05, 3.63) is 47.7 Å². The van der Waals surface area contributed by atoms with Crippen molar-refractivity contribution in [3.63, 3.8) is 0 Å². The molecule has 0 N–H and O–H groups in total. The molecule has 1 aliphatic rings. The maximum Gasteiger partial charge on any atom is 0.176 e. The summed E-state index contributed by atoms with van der Waals surface area (Å²) in [6.07, 6.45) is 0. The van der Waals surface area contributed by atoms with Crippen molar-refractivity contribution in [2.45, 2.75) is 6.92 Å². The van der Waals surface area contributed by atoms with Gasteiger partial charge in [0.25, 0.3) is 0 Å². The highest BCUT2D eigenvalue weighted by molar-refractivity contribution is 5.98. The summed E-state index contributed by atoms with van der Waals surface area (Å²) in [6, 6.07) is 11.6. The minimum atomic E-state index is 0.176. The quantitative estimate of drug-likeness (QED) is 0.813. The van der Waals surface area contributed by atoms with Crippen LogP contribution in [0, 0.1) is 6.92 Å². The molecule has 0 atom stereocenters. The minimum absolute atomic E-state index is 0.176. The van der Waals surface area contributed by atoms with E-state index in [1.165, 1.54) is 0 Å². The van der Waals surface area contributed by atoms with Crippen molar-refractivity contribution in [2.24, 2.45) is 0 Å². The van der Waals surface area contributed by atoms with E-state index in [9.17, 15) is 4.79 Å². The van der Waals surface area contributed by atoms with Crippen LogP contribution in [-0.2, 0) is 0 Å². The lowest BCUT2D eigenvalue weighted by atomic mass is 10.1. The lowest BCUT2D eigenvalue weighted by molar-refractivity contribution is 0.0876. The SMILES string of the molecule is Cc1ccc(-c2cccc(C(=O)CN3CCN(C)CC3)c2)o1. The van der Waals surface area contributed by atoms with Gasteiger partial charge in [-0.1, -0.05) is 18.2 Å². The summed E-state index contributed by atoms with van der Waals surface area (Å²) >= 11 is 0. The van der Waals surface area contributed by atoms with Gasteiger partial charge in [0.05, 0.1) is 6.54 Å². The highest BCUT2D eigenvalue weighted by atomic mass is 16.3. The zero-order valence-corrected chi connectivity index (χ0v) is 13.2. The second-order valence-corrected chi connectivity index (χ2v) is 5.99. The number of ketones is 1. The fourth-order valence-electron chi connectivity index (χ4n) is 2.74. The monoisotopic (exact) mass is 298 g/mol. The maximum atomic E-state index is 12.5. The zero-order chi connectivity index (χ0) is 15.5. The predicted molar refractivity (Wildman–Crippen MR) is 87.1 cm³/mol. The molecule has 0 saturated carbocycles. The van der Waals surface area contributed by atoms with Crippen molar-refractivity contribution in [1.29, 1.82) is 0 Å². The second kappa shape index (κ2) is 6.46. The van der Waals surface area contributed by atoms with E-state index in [2.05, 4.69) is 16.8 Å². The van der Waals surface area contributed by atoms with Gasteiger partial charge >= 0.3 is 0 Å². The van der Waals surface area contributed by atoms with Gasteiger partial charge in [-0.25, -0.2) is 0 Å². The summed E-state index contributed by atoms with van der Waals surface area (Å²) in [5.74, 6) is 1.87. The number of rotatable bonds is 4. The lowest BCUT2D eigenvalue weighted by Crippen LogP contribution is -2.46. The Hall–Kier alpha value is -1.91. The van der Waals surface area contributed by atoms with E-state index in [1.54, 1.807) is 0 Å². The van der Waals surface area contributed by atoms with Gasteiger partial charge in [0.15, 0.2) is 5.78 Å². The van der Waals surface area contributed by atoms with Gasteiger partial charge in [0, 0.05) is 37.3 Å². The molecular formula is C18H22N2O2. The Kier molecular flexibility index (Phi) is 4.41. The van der Waals surface area contributed by atoms with Crippen LogP contribution < -0.4 is 0 Å². The molecule has 0 bridgehead atoms. The van der Waals surface area contributed by atoms with Crippen molar-refractivity contribution in [2.75, 3.05) is 39.8 Å². The Bertz CT molecular complexity index is 655. The largest absolute Gasteiger partial charge is 0.461 e. The molecular weight excluding hydrogens is 276 g/mol. The number of likely N-dealkylation sites (N-methyl/N-ethyl adjacent to an activating group) is 1. The summed E-state index contributed by atoms with van der Waals surface area (Å²) in [4.78, 5) is 17.0. The molecule has 0 aliphatic carbocycles. The van der Waals surface area contributed by atoms with Crippen LogP contribution in [0.4, 0.5) is 0 Å². The van der Waals surface area contributed by atoms with Crippen molar-refractivity contribution >= 4 is 5.78 Å². The van der Waals surface area contributed by atoms with E-state index in [0.717, 1.165) is 48.8 Å². The molecule has 22 heavy (non-hydrogen) atoms. The van der Waals surface area contributed by atoms with Gasteiger partial charge in [0.2, 0.25) is 0 Å². The molecule has 0 spiro atoms. The summed E-state index contributed by atoms with van der Waals surface area (Å²) in [7, 11) is 2.12. The highest BCUT2D eigenvalue weighted by Crippen LogP contribution is 2.23. The van der Waals surface area contributed by atoms with Crippen LogP contribution in [0.5, 0.6) is 0 Å². The fraction of sp³-hybridized carbons (Fsp3) is 0.389. The van der Waals surface area contributed by atoms with Crippen LogP contribution in [0.1, 0.15) is 16.1 Å². The third-order valence-corrected chi connectivity index (χ3v) is 4.17. The predicted octanol–water partition coefficient (Wildman–Crippen LogP) is 2.69. The van der Waals surface area contributed by atoms with Gasteiger partial charge < -0.3 is 9.32 Å². The van der Waals surface area contributed by atoms with Crippen molar-refractivity contribution < 1.29 is 9.21 Å². The number of carbonyl (C=O) groups is 1. The van der Waals surface area contributed by atoms with E-state index in [0.29, 0.717) is 6.54 Å². The Balaban J connectivity index is 1.70. The van der Waals surface area contributed by atoms with E-state index >= 15 is 0 Å². The van der Waals surface area contributed by atoms with Crippen LogP contribution in [-0.4, -0.2) is 55.4 Å². The molecule has 116 valence electrons. The molecule has 0 unspecified atom stereocenters. The lowest BCUT2D eigenvalue weighted by Gasteiger charge is -2.31. The molecule has 1 aromatic carbocycles. The number of hydrogen-bond donors (Lipinski definition) is 0. The summed E-state index contributed by atoms with van der Waals surface area (Å²) in [6.45, 7) is 6.39. The van der Waals surface area contributed by atoms with Crippen LogP contribution in [0.25, 0.3) is 11.3 Å². The topological polar surface area (TPSA) is 36.7 Å². The summed E-state index contributed by atoms with van der Waals surface area (Å²) in [5, 5.41) is 0. The number of hydrogen-bond acceptors (Lipinski definition) is 4. The molecule has 0 radical (unpaired) electrons. The average Bonchev–Trinajstić information content (AvgIpc) is 2.96. The molecule has 3 rings (SSSR count). The van der Waals surface area contributed by atoms with E-state index in [-0.39, 0.29) is 5.78 Å². The third-order valence-electron chi connectivity index (χ3n) is 4.17. The minimum Gasteiger partial charge on any atom is -0.461 e. The molecule has 1 aromatic heterocycles. The number of benzene rings is 1. The first-order valence-corrected chi connectivity index (χ1v) is 7.73. The first-order valence-electron chi connectivity index (χ1n) is 7.73. The smallest absolute Gasteiger partial charge is 0.176 e. The second-order valence-electron chi connectivity index (χ2n) is 5.99. The normalized spacial score (nSPS) is 16.8. The van der Waals surface area contributed by atoms with Crippen LogP contribution in [0.3, 0.4) is 0 Å². The zero-order valence-electron chi connectivity index (χ0n) is 13.2. The average molecular weight is 298 g/mol. The van der Waals surface area contributed by atoms with E-state index in [4.69, 9.17) is 4.42 Å². The number of aryl methyl sites for hydroxylation is 1. The number of Topliss-reactive ketones (excluding diaryl/α,β-unsaturated/α-hetero) is 1. The van der Waals surface area contributed by atoms with Gasteiger partial charge in [-0.2, -0.15) is 0 Å². The van der Waals surface area contributed by atoms with Gasteiger partial charge in [0.1, 0.15) is 11.5 Å². The summed E-state index contributed by atoms with van der Waals surface area (Å²) in [5.41, 5.74) is 1.71. The molecule has 1 fully saturated rings. The number of nitrogens with zero attached hydrogens (tertiary/aromatic N) is 2. The molecule has 4 heteroatoms. The van der Waals surface area contributed by atoms with Gasteiger partial charge in [-0.3, -0.25) is 9.69 Å². The Labute approximate surface area is 131 Å².